The van der Waals surface area contributed by atoms with Crippen LogP contribution in [0.2, 0.25) is 5.02 Å². The summed E-state index contributed by atoms with van der Waals surface area (Å²) in [5.74, 6) is -2.22. The van der Waals surface area contributed by atoms with E-state index in [1.807, 2.05) is 0 Å². The maximum absolute atomic E-state index is 12.9. The fourth-order valence-corrected chi connectivity index (χ4v) is 2.41. The molecule has 3 N–H and O–H groups in total. The first-order valence-electron chi connectivity index (χ1n) is 8.30. The van der Waals surface area contributed by atoms with Crippen LogP contribution in [0.4, 0.5) is 15.8 Å². The van der Waals surface area contributed by atoms with Gasteiger partial charge in [0.05, 0.1) is 24.4 Å². The molecule has 2 aromatic carbocycles. The number of nitrogens with one attached hydrogen (secondary N) is 1. The van der Waals surface area contributed by atoms with Gasteiger partial charge >= 0.3 is 5.97 Å². The number of esters is 1. The average molecular weight is 424 g/mol. The van der Waals surface area contributed by atoms with Crippen molar-refractivity contribution in [1.29, 1.82) is 0 Å². The Kier molecular flexibility index (Phi) is 7.38. The van der Waals surface area contributed by atoms with Gasteiger partial charge in [-0.2, -0.15) is 0 Å². The molecule has 10 heteroatoms. The summed E-state index contributed by atoms with van der Waals surface area (Å²) >= 11 is 5.90. The van der Waals surface area contributed by atoms with Gasteiger partial charge in [-0.25, -0.2) is 9.18 Å². The molecule has 0 aromatic heterocycles. The van der Waals surface area contributed by atoms with E-state index in [1.54, 1.807) is 0 Å². The van der Waals surface area contributed by atoms with Gasteiger partial charge in [-0.05, 0) is 30.3 Å². The average Bonchev–Trinajstić information content (AvgIpc) is 2.69. The summed E-state index contributed by atoms with van der Waals surface area (Å²) in [5, 5.41) is 2.66. The molecule has 8 nitrogen and oxygen atoms in total. The molecule has 29 heavy (non-hydrogen) atoms. The van der Waals surface area contributed by atoms with Crippen molar-refractivity contribution in [3.63, 3.8) is 0 Å². The zero-order chi connectivity index (χ0) is 21.6. The molecule has 2 amide bonds. The van der Waals surface area contributed by atoms with Crippen molar-refractivity contribution >= 4 is 40.8 Å². The predicted molar refractivity (Wildman–Crippen MR) is 105 cm³/mol. The molecule has 0 atom stereocenters. The van der Waals surface area contributed by atoms with E-state index in [4.69, 9.17) is 26.8 Å². The highest BCUT2D eigenvalue weighted by molar-refractivity contribution is 6.33. The number of nitrogens with zero attached hydrogens (tertiary/aromatic N) is 1. The lowest BCUT2D eigenvalue weighted by Gasteiger charge is -2.17. The Balaban J connectivity index is 1.89. The third kappa shape index (κ3) is 6.08. The number of carbonyl (C=O) groups excluding carboxylic acids is 3. The summed E-state index contributed by atoms with van der Waals surface area (Å²) < 4.78 is 22.9. The Morgan fingerprint density at radius 2 is 1.86 bits per heavy atom. The molecule has 0 aliphatic rings. The van der Waals surface area contributed by atoms with Crippen LogP contribution in [0.5, 0.6) is 5.75 Å². The quantitative estimate of drug-likeness (QED) is 0.522. The summed E-state index contributed by atoms with van der Waals surface area (Å²) in [5.41, 5.74) is 6.28. The lowest BCUT2D eigenvalue weighted by Crippen LogP contribution is -2.37. The number of anilines is 2. The van der Waals surface area contributed by atoms with E-state index in [2.05, 4.69) is 5.32 Å². The van der Waals surface area contributed by atoms with E-state index < -0.39 is 30.2 Å². The van der Waals surface area contributed by atoms with E-state index >= 15 is 0 Å². The number of amides is 2. The summed E-state index contributed by atoms with van der Waals surface area (Å²) in [7, 11) is 2.72. The molecule has 0 fully saturated rings. The van der Waals surface area contributed by atoms with Gasteiger partial charge in [-0.3, -0.25) is 9.59 Å². The molecule has 0 aliphatic heterocycles. The van der Waals surface area contributed by atoms with Crippen LogP contribution in [0.1, 0.15) is 10.4 Å². The molecule has 0 saturated carbocycles. The molecule has 154 valence electrons. The number of ether oxygens (including phenoxy) is 2. The van der Waals surface area contributed by atoms with Gasteiger partial charge in [-0.1, -0.05) is 11.6 Å². The number of halogens is 2. The maximum Gasteiger partial charge on any atom is 0.342 e. The molecule has 0 spiro atoms. The molecule has 0 bridgehead atoms. The van der Waals surface area contributed by atoms with Crippen molar-refractivity contribution in [2.45, 2.75) is 0 Å². The monoisotopic (exact) mass is 423 g/mol. The van der Waals surface area contributed by atoms with Gasteiger partial charge < -0.3 is 25.4 Å². The van der Waals surface area contributed by atoms with E-state index in [-0.39, 0.29) is 28.6 Å². The second-order valence-electron chi connectivity index (χ2n) is 5.96. The summed E-state index contributed by atoms with van der Waals surface area (Å²) in [4.78, 5) is 37.4. The second kappa shape index (κ2) is 9.74. The van der Waals surface area contributed by atoms with Crippen molar-refractivity contribution in [3.8, 4) is 5.75 Å². The molecule has 0 radical (unpaired) electrons. The van der Waals surface area contributed by atoms with E-state index in [0.717, 1.165) is 4.90 Å². The van der Waals surface area contributed by atoms with Crippen molar-refractivity contribution in [3.05, 3.63) is 52.8 Å². The molecule has 0 aliphatic carbocycles. The zero-order valence-electron chi connectivity index (χ0n) is 15.7. The molecule has 2 rings (SSSR count). The van der Waals surface area contributed by atoms with Gasteiger partial charge in [0.1, 0.15) is 17.1 Å². The van der Waals surface area contributed by atoms with Crippen LogP contribution >= 0.6 is 11.6 Å². The number of likely N-dealkylation sites (N-methyl/N-ethyl adjacent to an activating group) is 1. The zero-order valence-corrected chi connectivity index (χ0v) is 16.5. The minimum atomic E-state index is -0.832. The van der Waals surface area contributed by atoms with Gasteiger partial charge in [0.2, 0.25) is 5.91 Å². The molecular weight excluding hydrogens is 405 g/mol. The molecule has 0 unspecified atom stereocenters. The Bertz CT molecular complexity index is 921. The van der Waals surface area contributed by atoms with E-state index in [9.17, 15) is 18.8 Å². The Morgan fingerprint density at radius 1 is 1.21 bits per heavy atom. The number of nitrogens with two attached hydrogens (primary N) is 1. The van der Waals surface area contributed by atoms with Crippen LogP contribution < -0.4 is 15.8 Å². The molecule has 0 heterocycles. The van der Waals surface area contributed by atoms with Crippen molar-refractivity contribution in [2.24, 2.45) is 0 Å². The molecule has 2 aromatic rings. The number of benzene rings is 2. The van der Waals surface area contributed by atoms with Gasteiger partial charge in [0.15, 0.2) is 6.61 Å². The minimum absolute atomic E-state index is 0.0104. The van der Waals surface area contributed by atoms with Gasteiger partial charge in [-0.15, -0.1) is 0 Å². The Labute approximate surface area is 171 Å². The Morgan fingerprint density at radius 3 is 2.48 bits per heavy atom. The SMILES string of the molecule is COc1cc(N)c(Cl)cc1C(=O)OCC(=O)N(C)CC(=O)Nc1ccc(F)cc1. The Hall–Kier alpha value is -3.33. The summed E-state index contributed by atoms with van der Waals surface area (Å²) in [6.45, 7) is -0.880. The van der Waals surface area contributed by atoms with Crippen molar-refractivity contribution in [1.82, 2.24) is 4.90 Å². The lowest BCUT2D eigenvalue weighted by atomic mass is 10.2. The number of rotatable bonds is 7. The normalized spacial score (nSPS) is 10.2. The van der Waals surface area contributed by atoms with Crippen LogP contribution in [0.25, 0.3) is 0 Å². The summed E-state index contributed by atoms with van der Waals surface area (Å²) in [6, 6.07) is 7.82. The van der Waals surface area contributed by atoms with Crippen LogP contribution in [-0.4, -0.2) is 50.0 Å². The second-order valence-corrected chi connectivity index (χ2v) is 6.36. The van der Waals surface area contributed by atoms with Crippen molar-refractivity contribution < 1.29 is 28.2 Å². The number of methoxy groups -OCH3 is 1. The topological polar surface area (TPSA) is 111 Å². The molecular formula is C19H19ClFN3O5. The van der Waals surface area contributed by atoms with Crippen LogP contribution in [0.15, 0.2) is 36.4 Å². The first-order valence-corrected chi connectivity index (χ1v) is 8.68. The number of hydrogen-bond donors (Lipinski definition) is 2. The third-order valence-electron chi connectivity index (χ3n) is 3.80. The number of carbonyl (C=O) groups is 3. The van der Waals surface area contributed by atoms with Crippen molar-refractivity contribution in [2.75, 3.05) is 38.4 Å². The van der Waals surface area contributed by atoms with Crippen LogP contribution in [0.3, 0.4) is 0 Å². The smallest absolute Gasteiger partial charge is 0.342 e. The van der Waals surface area contributed by atoms with E-state index in [1.165, 1.54) is 50.6 Å². The fourth-order valence-electron chi connectivity index (χ4n) is 2.25. The van der Waals surface area contributed by atoms with E-state index in [0.29, 0.717) is 5.69 Å². The first kappa shape index (κ1) is 22.0. The highest BCUT2D eigenvalue weighted by atomic mass is 35.5. The number of nitrogen functional groups attached to an aromatic ring is 1. The number of hydrogen-bond acceptors (Lipinski definition) is 6. The molecule has 0 saturated heterocycles. The highest BCUT2D eigenvalue weighted by Gasteiger charge is 2.20. The first-order chi connectivity index (χ1) is 13.7. The van der Waals surface area contributed by atoms with Crippen LogP contribution in [-0.2, 0) is 14.3 Å². The largest absolute Gasteiger partial charge is 0.496 e. The predicted octanol–water partition coefficient (Wildman–Crippen LogP) is 2.32. The lowest BCUT2D eigenvalue weighted by molar-refractivity contribution is -0.136. The minimum Gasteiger partial charge on any atom is -0.496 e. The summed E-state index contributed by atoms with van der Waals surface area (Å²) in [6.07, 6.45) is 0. The van der Waals surface area contributed by atoms with Gasteiger partial charge in [0, 0.05) is 18.8 Å². The standard InChI is InChI=1S/C19H19ClFN3O5/c1-24(9-17(25)23-12-5-3-11(21)4-6-12)18(26)10-29-19(27)13-7-14(20)15(22)8-16(13)28-2/h3-8H,9-10,22H2,1-2H3,(H,23,25). The maximum atomic E-state index is 12.9. The fraction of sp³-hybridized carbons (Fsp3) is 0.211. The highest BCUT2D eigenvalue weighted by Crippen LogP contribution is 2.29. The van der Waals surface area contributed by atoms with Crippen LogP contribution in [0, 0.1) is 5.82 Å². The van der Waals surface area contributed by atoms with Gasteiger partial charge in [0.25, 0.3) is 5.91 Å². The third-order valence-corrected chi connectivity index (χ3v) is 4.13.